The number of rotatable bonds is 9. The minimum Gasteiger partial charge on any atom is -0.484 e. The molecule has 1 atom stereocenters. The third-order valence-corrected chi connectivity index (χ3v) is 7.08. The molecule has 8 heteroatoms. The fourth-order valence-electron chi connectivity index (χ4n) is 4.31. The summed E-state index contributed by atoms with van der Waals surface area (Å²) in [5.41, 5.74) is 4.65. The van der Waals surface area contributed by atoms with Gasteiger partial charge in [-0.05, 0) is 72.0 Å². The second-order valence-corrected chi connectivity index (χ2v) is 10.7. The molecule has 1 aliphatic rings. The Hall–Kier alpha value is -3.65. The summed E-state index contributed by atoms with van der Waals surface area (Å²) in [4.78, 5) is 39.3. The quantitative estimate of drug-likeness (QED) is 0.348. The topological polar surface area (TPSA) is 87.7 Å². The molecule has 1 aliphatic heterocycles. The van der Waals surface area contributed by atoms with Crippen molar-refractivity contribution in [3.63, 3.8) is 0 Å². The van der Waals surface area contributed by atoms with Crippen molar-refractivity contribution in [1.82, 2.24) is 5.32 Å². The molecule has 3 aromatic rings. The van der Waals surface area contributed by atoms with Crippen molar-refractivity contribution in [2.45, 2.75) is 39.7 Å². The first-order chi connectivity index (χ1) is 18.2. The summed E-state index contributed by atoms with van der Waals surface area (Å²) < 4.78 is 6.56. The van der Waals surface area contributed by atoms with Gasteiger partial charge in [-0.15, -0.1) is 0 Å². The van der Waals surface area contributed by atoms with E-state index in [2.05, 4.69) is 52.5 Å². The van der Waals surface area contributed by atoms with Crippen LogP contribution in [0.2, 0.25) is 0 Å². The predicted octanol–water partition coefficient (Wildman–Crippen LogP) is 5.57. The Morgan fingerprint density at radius 3 is 2.42 bits per heavy atom. The molecule has 198 valence electrons. The van der Waals surface area contributed by atoms with Crippen LogP contribution in [0.15, 0.2) is 71.2 Å². The number of hydrogen-bond acceptors (Lipinski definition) is 4. The van der Waals surface area contributed by atoms with Crippen molar-refractivity contribution < 1.29 is 19.1 Å². The largest absolute Gasteiger partial charge is 0.484 e. The summed E-state index contributed by atoms with van der Waals surface area (Å²) in [5, 5.41) is 5.80. The number of nitrogens with zero attached hydrogens (tertiary/aromatic N) is 1. The first-order valence-corrected chi connectivity index (χ1v) is 13.4. The Labute approximate surface area is 231 Å². The number of aryl methyl sites for hydroxylation is 1. The monoisotopic (exact) mass is 577 g/mol. The van der Waals surface area contributed by atoms with Gasteiger partial charge in [-0.3, -0.25) is 14.4 Å². The zero-order chi connectivity index (χ0) is 27.2. The molecule has 38 heavy (non-hydrogen) atoms. The minimum absolute atomic E-state index is 0.0932. The highest BCUT2D eigenvalue weighted by atomic mass is 79.9. The Morgan fingerprint density at radius 1 is 1.05 bits per heavy atom. The number of ether oxygens (including phenoxy) is 1. The Kier molecular flexibility index (Phi) is 8.84. The molecule has 0 aliphatic carbocycles. The molecule has 0 radical (unpaired) electrons. The van der Waals surface area contributed by atoms with Crippen molar-refractivity contribution in [2.24, 2.45) is 5.92 Å². The molecule has 1 heterocycles. The van der Waals surface area contributed by atoms with Crippen LogP contribution in [-0.2, 0) is 20.9 Å². The third kappa shape index (κ3) is 7.01. The lowest BCUT2D eigenvalue weighted by atomic mass is 10.0. The normalized spacial score (nSPS) is 15.0. The maximum atomic E-state index is 12.7. The molecule has 3 aromatic carbocycles. The Bertz CT molecular complexity index is 1310. The average molecular weight is 579 g/mol. The van der Waals surface area contributed by atoms with E-state index in [1.165, 1.54) is 5.56 Å². The van der Waals surface area contributed by atoms with Crippen LogP contribution in [-0.4, -0.2) is 30.9 Å². The first-order valence-electron chi connectivity index (χ1n) is 12.7. The number of carbonyl (C=O) groups excluding carboxylic acids is 3. The Balaban J connectivity index is 1.26. The molecular formula is C30H32BrN3O4. The molecule has 0 unspecified atom stereocenters. The highest BCUT2D eigenvalue weighted by molar-refractivity contribution is 9.10. The van der Waals surface area contributed by atoms with Gasteiger partial charge in [0, 0.05) is 35.4 Å². The third-order valence-electron chi connectivity index (χ3n) is 6.59. The lowest BCUT2D eigenvalue weighted by molar-refractivity contribution is -0.126. The first kappa shape index (κ1) is 27.4. The molecule has 1 fully saturated rings. The van der Waals surface area contributed by atoms with Gasteiger partial charge in [0.15, 0.2) is 6.61 Å². The molecule has 7 nitrogen and oxygen atoms in total. The van der Waals surface area contributed by atoms with Crippen molar-refractivity contribution >= 4 is 45.0 Å². The number of benzene rings is 3. The van der Waals surface area contributed by atoms with Crippen LogP contribution < -0.4 is 20.3 Å². The van der Waals surface area contributed by atoms with Crippen LogP contribution >= 0.6 is 15.9 Å². The number of carbonyl (C=O) groups is 3. The van der Waals surface area contributed by atoms with E-state index in [1.807, 2.05) is 37.3 Å². The van der Waals surface area contributed by atoms with E-state index in [0.29, 0.717) is 30.4 Å². The smallest absolute Gasteiger partial charge is 0.262 e. The standard InChI is InChI=1S/C30H32BrN3O4/c1-19(2)22-6-4-21(5-7-22)16-32-30(37)23-15-29(36)34(17-23)25-9-11-26(12-10-25)38-18-28(35)33-27-13-8-24(31)14-20(27)3/h4-14,19,23H,15-18H2,1-3H3,(H,32,37)(H,33,35)/t23-/m1/s1. The zero-order valence-electron chi connectivity index (χ0n) is 21.8. The van der Waals surface area contributed by atoms with Gasteiger partial charge in [-0.2, -0.15) is 0 Å². The van der Waals surface area contributed by atoms with Crippen molar-refractivity contribution in [1.29, 1.82) is 0 Å². The summed E-state index contributed by atoms with van der Waals surface area (Å²) in [6, 6.07) is 20.8. The molecule has 1 saturated heterocycles. The van der Waals surface area contributed by atoms with Gasteiger partial charge < -0.3 is 20.3 Å². The summed E-state index contributed by atoms with van der Waals surface area (Å²) in [5.74, 6) is 0.0882. The lowest BCUT2D eigenvalue weighted by Gasteiger charge is -2.17. The number of nitrogens with one attached hydrogen (secondary N) is 2. The maximum absolute atomic E-state index is 12.7. The van der Waals surface area contributed by atoms with Crippen LogP contribution in [0.5, 0.6) is 5.75 Å². The summed E-state index contributed by atoms with van der Waals surface area (Å²) in [6.07, 6.45) is 0.173. The molecule has 0 bridgehead atoms. The van der Waals surface area contributed by atoms with E-state index >= 15 is 0 Å². The minimum atomic E-state index is -0.404. The molecule has 4 rings (SSSR count). The number of anilines is 2. The van der Waals surface area contributed by atoms with Crippen molar-refractivity contribution in [3.8, 4) is 5.75 Å². The molecule has 3 amide bonds. The second-order valence-electron chi connectivity index (χ2n) is 9.81. The summed E-state index contributed by atoms with van der Waals surface area (Å²) in [6.45, 7) is 6.83. The molecule has 0 saturated carbocycles. The molecular weight excluding hydrogens is 546 g/mol. The zero-order valence-corrected chi connectivity index (χ0v) is 23.4. The van der Waals surface area contributed by atoms with Crippen LogP contribution in [0.4, 0.5) is 11.4 Å². The van der Waals surface area contributed by atoms with E-state index in [9.17, 15) is 14.4 Å². The summed E-state index contributed by atoms with van der Waals surface area (Å²) in [7, 11) is 0. The van der Waals surface area contributed by atoms with E-state index in [1.54, 1.807) is 29.2 Å². The van der Waals surface area contributed by atoms with Gasteiger partial charge in [0.2, 0.25) is 11.8 Å². The van der Waals surface area contributed by atoms with Crippen LogP contribution in [0.3, 0.4) is 0 Å². The fourth-order valence-corrected chi connectivity index (χ4v) is 4.79. The van der Waals surface area contributed by atoms with E-state index in [0.717, 1.165) is 21.3 Å². The van der Waals surface area contributed by atoms with Crippen LogP contribution in [0.25, 0.3) is 0 Å². The number of amides is 3. The number of hydrogen-bond donors (Lipinski definition) is 2. The van der Waals surface area contributed by atoms with Crippen LogP contribution in [0.1, 0.15) is 42.9 Å². The highest BCUT2D eigenvalue weighted by Gasteiger charge is 2.35. The van der Waals surface area contributed by atoms with Gasteiger partial charge in [0.1, 0.15) is 5.75 Å². The van der Waals surface area contributed by atoms with Gasteiger partial charge in [0.05, 0.1) is 5.92 Å². The molecule has 0 aromatic heterocycles. The van der Waals surface area contributed by atoms with Gasteiger partial charge in [-0.1, -0.05) is 54.0 Å². The maximum Gasteiger partial charge on any atom is 0.262 e. The fraction of sp³-hybridized carbons (Fsp3) is 0.300. The Morgan fingerprint density at radius 2 is 1.76 bits per heavy atom. The van der Waals surface area contributed by atoms with Crippen molar-refractivity contribution in [3.05, 3.63) is 87.9 Å². The predicted molar refractivity (Wildman–Crippen MR) is 152 cm³/mol. The van der Waals surface area contributed by atoms with E-state index in [-0.39, 0.29) is 30.7 Å². The molecule has 2 N–H and O–H groups in total. The lowest BCUT2D eigenvalue weighted by Crippen LogP contribution is -2.32. The molecule has 0 spiro atoms. The average Bonchev–Trinajstić information content (AvgIpc) is 3.30. The van der Waals surface area contributed by atoms with Crippen molar-refractivity contribution in [2.75, 3.05) is 23.4 Å². The summed E-state index contributed by atoms with van der Waals surface area (Å²) >= 11 is 3.41. The van der Waals surface area contributed by atoms with Gasteiger partial charge in [-0.25, -0.2) is 0 Å². The van der Waals surface area contributed by atoms with Crippen LogP contribution in [0, 0.1) is 12.8 Å². The highest BCUT2D eigenvalue weighted by Crippen LogP contribution is 2.27. The SMILES string of the molecule is Cc1cc(Br)ccc1NC(=O)COc1ccc(N2C[C@H](C(=O)NCc3ccc(C(C)C)cc3)CC2=O)cc1. The van der Waals surface area contributed by atoms with E-state index in [4.69, 9.17) is 4.74 Å². The van der Waals surface area contributed by atoms with E-state index < -0.39 is 5.92 Å². The van der Waals surface area contributed by atoms with Gasteiger partial charge in [0.25, 0.3) is 5.91 Å². The van der Waals surface area contributed by atoms with Gasteiger partial charge >= 0.3 is 0 Å². The number of halogens is 1. The second kappa shape index (κ2) is 12.3.